The van der Waals surface area contributed by atoms with Crippen LogP contribution in [0.5, 0.6) is 5.75 Å². The molecule has 0 aliphatic heterocycles. The number of amides is 1. The molecule has 0 radical (unpaired) electrons. The van der Waals surface area contributed by atoms with Gasteiger partial charge in [-0.3, -0.25) is 9.59 Å². The van der Waals surface area contributed by atoms with Gasteiger partial charge in [-0.15, -0.1) is 0 Å². The minimum absolute atomic E-state index is 0.138. The summed E-state index contributed by atoms with van der Waals surface area (Å²) >= 11 is 0. The van der Waals surface area contributed by atoms with Crippen LogP contribution in [0, 0.1) is 5.92 Å². The molecule has 0 aliphatic carbocycles. The summed E-state index contributed by atoms with van der Waals surface area (Å²) in [6.45, 7) is 4.74. The van der Waals surface area contributed by atoms with E-state index in [-0.39, 0.29) is 5.78 Å². The molecule has 2 rings (SSSR count). The van der Waals surface area contributed by atoms with Crippen LogP contribution in [-0.4, -0.2) is 28.9 Å². The second kappa shape index (κ2) is 10.4. The van der Waals surface area contributed by atoms with Gasteiger partial charge in [0.2, 0.25) is 0 Å². The number of aryl methyl sites for hydroxylation is 1. The van der Waals surface area contributed by atoms with E-state index in [2.05, 4.69) is 5.32 Å². The Morgan fingerprint density at radius 1 is 1.00 bits per heavy atom. The van der Waals surface area contributed by atoms with E-state index < -0.39 is 29.9 Å². The van der Waals surface area contributed by atoms with Gasteiger partial charge < -0.3 is 20.0 Å². The lowest BCUT2D eigenvalue weighted by Gasteiger charge is -2.25. The first kappa shape index (κ1) is 22.1. The molecule has 0 saturated heterocycles. The highest BCUT2D eigenvalue weighted by atomic mass is 16.5. The lowest BCUT2D eigenvalue weighted by molar-refractivity contribution is -0.142. The van der Waals surface area contributed by atoms with Gasteiger partial charge in [-0.05, 0) is 50.5 Å². The second-order valence-corrected chi connectivity index (χ2v) is 7.13. The third-order valence-electron chi connectivity index (χ3n) is 4.72. The summed E-state index contributed by atoms with van der Waals surface area (Å²) in [5, 5.41) is 12.2. The van der Waals surface area contributed by atoms with Gasteiger partial charge in [0.05, 0.1) is 12.0 Å². The average molecular weight is 397 g/mol. The maximum absolute atomic E-state index is 12.6. The van der Waals surface area contributed by atoms with Crippen molar-refractivity contribution in [3.8, 4) is 5.75 Å². The number of carboxylic acids is 1. The number of nitrogens with one attached hydrogen (secondary N) is 1. The standard InChI is InChI=1S/C23H27NO5/c1-15(25)9-10-18-11-13-20(14-12-18)29-17(3)22(26)24-21(16(2)23(27)28)19-7-5-4-6-8-19/h4-8,11-14,16-17,21H,9-10H2,1-3H3,(H,24,26)(H,27,28)/t16-,17-,21+/m1/s1. The van der Waals surface area contributed by atoms with Crippen LogP contribution in [0.2, 0.25) is 0 Å². The van der Waals surface area contributed by atoms with Crippen molar-refractivity contribution in [2.45, 2.75) is 45.8 Å². The van der Waals surface area contributed by atoms with Crippen LogP contribution in [0.4, 0.5) is 0 Å². The summed E-state index contributed by atoms with van der Waals surface area (Å²) < 4.78 is 5.71. The zero-order chi connectivity index (χ0) is 21.4. The van der Waals surface area contributed by atoms with Gasteiger partial charge in [0.15, 0.2) is 6.10 Å². The van der Waals surface area contributed by atoms with E-state index in [0.29, 0.717) is 18.6 Å². The molecule has 154 valence electrons. The number of carbonyl (C=O) groups is 3. The molecule has 0 spiro atoms. The van der Waals surface area contributed by atoms with Gasteiger partial charge in [-0.1, -0.05) is 42.5 Å². The Balaban J connectivity index is 2.02. The molecule has 29 heavy (non-hydrogen) atoms. The molecule has 0 heterocycles. The molecule has 0 aliphatic rings. The van der Waals surface area contributed by atoms with E-state index >= 15 is 0 Å². The highest BCUT2D eigenvalue weighted by Gasteiger charge is 2.28. The highest BCUT2D eigenvalue weighted by Crippen LogP contribution is 2.23. The fraction of sp³-hybridized carbons (Fsp3) is 0.348. The third-order valence-corrected chi connectivity index (χ3v) is 4.72. The van der Waals surface area contributed by atoms with Crippen molar-refractivity contribution in [1.82, 2.24) is 5.32 Å². The Labute approximate surface area is 170 Å². The monoisotopic (exact) mass is 397 g/mol. The number of benzene rings is 2. The fourth-order valence-electron chi connectivity index (χ4n) is 2.88. The molecule has 0 unspecified atom stereocenters. The maximum Gasteiger partial charge on any atom is 0.308 e. The Morgan fingerprint density at radius 3 is 2.17 bits per heavy atom. The Morgan fingerprint density at radius 2 is 1.62 bits per heavy atom. The number of aliphatic carboxylic acids is 1. The first-order valence-electron chi connectivity index (χ1n) is 9.61. The summed E-state index contributed by atoms with van der Waals surface area (Å²) in [6, 6.07) is 15.6. The molecule has 1 amide bonds. The van der Waals surface area contributed by atoms with Crippen molar-refractivity contribution in [2.24, 2.45) is 5.92 Å². The van der Waals surface area contributed by atoms with Crippen molar-refractivity contribution < 1.29 is 24.2 Å². The Kier molecular flexibility index (Phi) is 7.95. The minimum Gasteiger partial charge on any atom is -0.481 e. The van der Waals surface area contributed by atoms with Gasteiger partial charge in [0.1, 0.15) is 11.5 Å². The molecular formula is C23H27NO5. The van der Waals surface area contributed by atoms with Crippen LogP contribution >= 0.6 is 0 Å². The van der Waals surface area contributed by atoms with Gasteiger partial charge in [0.25, 0.3) is 5.91 Å². The largest absolute Gasteiger partial charge is 0.481 e. The molecular weight excluding hydrogens is 370 g/mol. The van der Waals surface area contributed by atoms with Crippen molar-refractivity contribution in [2.75, 3.05) is 0 Å². The summed E-state index contributed by atoms with van der Waals surface area (Å²) in [5.41, 5.74) is 1.74. The van der Waals surface area contributed by atoms with Crippen molar-refractivity contribution in [1.29, 1.82) is 0 Å². The lowest BCUT2D eigenvalue weighted by atomic mass is 9.94. The first-order valence-corrected chi connectivity index (χ1v) is 9.61. The molecule has 3 atom stereocenters. The van der Waals surface area contributed by atoms with Crippen LogP contribution in [0.25, 0.3) is 0 Å². The number of hydrogen-bond acceptors (Lipinski definition) is 4. The van der Waals surface area contributed by atoms with Gasteiger partial charge in [-0.2, -0.15) is 0 Å². The summed E-state index contributed by atoms with van der Waals surface area (Å²) in [5.74, 6) is -1.52. The topological polar surface area (TPSA) is 92.7 Å². The smallest absolute Gasteiger partial charge is 0.308 e. The lowest BCUT2D eigenvalue weighted by Crippen LogP contribution is -2.42. The zero-order valence-electron chi connectivity index (χ0n) is 16.9. The van der Waals surface area contributed by atoms with Crippen LogP contribution in [0.3, 0.4) is 0 Å². The molecule has 0 aromatic heterocycles. The van der Waals surface area contributed by atoms with Gasteiger partial charge >= 0.3 is 5.97 Å². The van der Waals surface area contributed by atoms with Crippen molar-refractivity contribution in [3.63, 3.8) is 0 Å². The Bertz CT molecular complexity index is 832. The second-order valence-electron chi connectivity index (χ2n) is 7.13. The summed E-state index contributed by atoms with van der Waals surface area (Å²) in [6.07, 6.45) is 0.351. The molecule has 6 nitrogen and oxygen atoms in total. The number of carboxylic acid groups (broad SMARTS) is 1. The van der Waals surface area contributed by atoms with E-state index in [4.69, 9.17) is 4.74 Å². The molecule has 0 fully saturated rings. The maximum atomic E-state index is 12.6. The van der Waals surface area contributed by atoms with Crippen molar-refractivity contribution >= 4 is 17.7 Å². The van der Waals surface area contributed by atoms with E-state index in [1.165, 1.54) is 0 Å². The highest BCUT2D eigenvalue weighted by molar-refractivity contribution is 5.82. The van der Waals surface area contributed by atoms with Crippen molar-refractivity contribution in [3.05, 3.63) is 65.7 Å². The number of carbonyl (C=O) groups excluding carboxylic acids is 2. The molecule has 0 bridgehead atoms. The van der Waals surface area contributed by atoms with Gasteiger partial charge in [0, 0.05) is 6.42 Å². The molecule has 0 saturated carbocycles. The predicted molar refractivity (Wildman–Crippen MR) is 110 cm³/mol. The average Bonchev–Trinajstić information content (AvgIpc) is 2.71. The van der Waals surface area contributed by atoms with Crippen LogP contribution in [-0.2, 0) is 20.8 Å². The van der Waals surface area contributed by atoms with E-state index in [1.807, 2.05) is 18.2 Å². The summed E-state index contributed by atoms with van der Waals surface area (Å²) in [4.78, 5) is 35.2. The number of rotatable bonds is 10. The number of hydrogen-bond donors (Lipinski definition) is 2. The third kappa shape index (κ3) is 6.75. The SMILES string of the molecule is CC(=O)CCc1ccc(O[C@H](C)C(=O)N[C@H](c2ccccc2)[C@@H](C)C(=O)O)cc1. The molecule has 2 aromatic carbocycles. The van der Waals surface area contributed by atoms with E-state index in [1.54, 1.807) is 57.2 Å². The zero-order valence-corrected chi connectivity index (χ0v) is 16.9. The number of ether oxygens (including phenoxy) is 1. The summed E-state index contributed by atoms with van der Waals surface area (Å²) in [7, 11) is 0. The minimum atomic E-state index is -0.992. The molecule has 6 heteroatoms. The quantitative estimate of drug-likeness (QED) is 0.640. The first-order chi connectivity index (χ1) is 13.8. The molecule has 2 N–H and O–H groups in total. The fourth-order valence-corrected chi connectivity index (χ4v) is 2.88. The number of ketones is 1. The normalized spacial score (nSPS) is 13.8. The van der Waals surface area contributed by atoms with Crippen LogP contribution in [0.15, 0.2) is 54.6 Å². The van der Waals surface area contributed by atoms with Gasteiger partial charge in [-0.25, -0.2) is 0 Å². The van der Waals surface area contributed by atoms with E-state index in [0.717, 1.165) is 11.1 Å². The number of Topliss-reactive ketones (excluding diaryl/α,β-unsaturated/α-hetero) is 1. The molecule has 2 aromatic rings. The Hall–Kier alpha value is -3.15. The van der Waals surface area contributed by atoms with E-state index in [9.17, 15) is 19.5 Å². The predicted octanol–water partition coefficient (Wildman–Crippen LogP) is 3.55. The van der Waals surface area contributed by atoms with Crippen LogP contribution < -0.4 is 10.1 Å². The van der Waals surface area contributed by atoms with Crippen LogP contribution in [0.1, 0.15) is 44.4 Å².